The van der Waals surface area contributed by atoms with E-state index in [4.69, 9.17) is 20.0 Å². The Morgan fingerprint density at radius 3 is 2.55 bits per heavy atom. The molecule has 0 saturated carbocycles. The number of carbonyl (C=O) groups excluding carboxylic acids is 1. The van der Waals surface area contributed by atoms with Crippen LogP contribution in [0.1, 0.15) is 36.9 Å². The van der Waals surface area contributed by atoms with Gasteiger partial charge in [0.05, 0.1) is 0 Å². The van der Waals surface area contributed by atoms with Crippen LogP contribution in [0.15, 0.2) is 33.7 Å². The van der Waals surface area contributed by atoms with Crippen molar-refractivity contribution in [2.24, 2.45) is 10.7 Å². The predicted octanol–water partition coefficient (Wildman–Crippen LogP) is 2.77. The fraction of sp³-hybridized carbons (Fsp3) is 0.267. The SMILES string of the molecule is CC(C)(C)OC(=O)N=C(N)c1ccc2oc(C(=O)O)cc2c1. The van der Waals surface area contributed by atoms with Crippen molar-refractivity contribution in [3.63, 3.8) is 0 Å². The average molecular weight is 304 g/mol. The molecule has 1 aromatic heterocycles. The number of hydrogen-bond donors (Lipinski definition) is 2. The number of carboxylic acid groups (broad SMARTS) is 1. The van der Waals surface area contributed by atoms with Gasteiger partial charge in [0.25, 0.3) is 0 Å². The summed E-state index contributed by atoms with van der Waals surface area (Å²) in [6.45, 7) is 5.17. The molecule has 1 aromatic carbocycles. The van der Waals surface area contributed by atoms with E-state index in [1.54, 1.807) is 39.0 Å². The van der Waals surface area contributed by atoms with E-state index in [0.717, 1.165) is 0 Å². The number of amides is 1. The molecule has 0 unspecified atom stereocenters. The van der Waals surface area contributed by atoms with Crippen molar-refractivity contribution in [3.8, 4) is 0 Å². The molecule has 0 fully saturated rings. The predicted molar refractivity (Wildman–Crippen MR) is 80.1 cm³/mol. The lowest BCUT2D eigenvalue weighted by atomic mass is 10.1. The first-order chi connectivity index (χ1) is 10.2. The Kier molecular flexibility index (Phi) is 3.90. The largest absolute Gasteiger partial charge is 0.475 e. The molecule has 7 nitrogen and oxygen atoms in total. The highest BCUT2D eigenvalue weighted by Gasteiger charge is 2.16. The Morgan fingerprint density at radius 1 is 1.27 bits per heavy atom. The Hall–Kier alpha value is -2.83. The number of furan rings is 1. The highest BCUT2D eigenvalue weighted by Crippen LogP contribution is 2.21. The molecule has 0 aliphatic carbocycles. The molecule has 0 aliphatic heterocycles. The van der Waals surface area contributed by atoms with Crippen LogP contribution in [-0.2, 0) is 4.74 Å². The van der Waals surface area contributed by atoms with Gasteiger partial charge in [0.1, 0.15) is 17.0 Å². The lowest BCUT2D eigenvalue weighted by molar-refractivity contribution is 0.0602. The minimum atomic E-state index is -1.16. The molecule has 22 heavy (non-hydrogen) atoms. The molecule has 2 aromatic rings. The van der Waals surface area contributed by atoms with Crippen LogP contribution in [0.4, 0.5) is 4.79 Å². The highest BCUT2D eigenvalue weighted by molar-refractivity contribution is 6.05. The van der Waals surface area contributed by atoms with E-state index in [1.807, 2.05) is 0 Å². The normalized spacial score (nSPS) is 12.4. The fourth-order valence-electron chi connectivity index (χ4n) is 1.76. The van der Waals surface area contributed by atoms with Gasteiger partial charge in [-0.05, 0) is 45.0 Å². The lowest BCUT2D eigenvalue weighted by Gasteiger charge is -2.17. The molecule has 0 atom stereocenters. The summed E-state index contributed by atoms with van der Waals surface area (Å²) in [5, 5.41) is 9.44. The third kappa shape index (κ3) is 3.63. The van der Waals surface area contributed by atoms with E-state index in [0.29, 0.717) is 16.5 Å². The summed E-state index contributed by atoms with van der Waals surface area (Å²) < 4.78 is 10.2. The van der Waals surface area contributed by atoms with Gasteiger partial charge in [-0.3, -0.25) is 0 Å². The maximum absolute atomic E-state index is 11.6. The second kappa shape index (κ2) is 5.51. The van der Waals surface area contributed by atoms with E-state index in [-0.39, 0.29) is 11.6 Å². The summed E-state index contributed by atoms with van der Waals surface area (Å²) in [6.07, 6.45) is -0.788. The van der Waals surface area contributed by atoms with Gasteiger partial charge < -0.3 is 20.0 Å². The molecule has 0 saturated heterocycles. The van der Waals surface area contributed by atoms with E-state index in [1.165, 1.54) is 6.07 Å². The van der Waals surface area contributed by atoms with Gasteiger partial charge >= 0.3 is 12.1 Å². The summed E-state index contributed by atoms with van der Waals surface area (Å²) in [5.41, 5.74) is 5.99. The Bertz CT molecular complexity index is 768. The number of ether oxygens (including phenoxy) is 1. The van der Waals surface area contributed by atoms with E-state index in [9.17, 15) is 9.59 Å². The van der Waals surface area contributed by atoms with E-state index in [2.05, 4.69) is 4.99 Å². The number of hydrogen-bond acceptors (Lipinski definition) is 4. The monoisotopic (exact) mass is 304 g/mol. The molecule has 0 radical (unpaired) electrons. The first-order valence-corrected chi connectivity index (χ1v) is 6.50. The number of fused-ring (bicyclic) bond motifs is 1. The van der Waals surface area contributed by atoms with Gasteiger partial charge in [0.15, 0.2) is 0 Å². The molecule has 1 amide bonds. The van der Waals surface area contributed by atoms with Crippen molar-refractivity contribution in [1.29, 1.82) is 0 Å². The Morgan fingerprint density at radius 2 is 1.95 bits per heavy atom. The number of carbonyl (C=O) groups is 2. The smallest absolute Gasteiger partial charge is 0.436 e. The quantitative estimate of drug-likeness (QED) is 0.651. The van der Waals surface area contributed by atoms with Crippen LogP contribution in [0.25, 0.3) is 11.0 Å². The second-order valence-electron chi connectivity index (χ2n) is 5.65. The summed E-state index contributed by atoms with van der Waals surface area (Å²) in [6, 6.07) is 6.12. The first-order valence-electron chi connectivity index (χ1n) is 6.50. The van der Waals surface area contributed by atoms with Gasteiger partial charge in [-0.1, -0.05) is 0 Å². The second-order valence-corrected chi connectivity index (χ2v) is 5.65. The molecule has 2 rings (SSSR count). The number of nitrogens with zero attached hydrogens (tertiary/aromatic N) is 1. The lowest BCUT2D eigenvalue weighted by Crippen LogP contribution is -2.24. The van der Waals surface area contributed by atoms with Crippen LogP contribution < -0.4 is 5.73 Å². The molecule has 0 spiro atoms. The summed E-state index contributed by atoms with van der Waals surface area (Å²) >= 11 is 0. The van der Waals surface area contributed by atoms with Crippen LogP contribution >= 0.6 is 0 Å². The minimum absolute atomic E-state index is 0.0192. The molecule has 116 valence electrons. The van der Waals surface area contributed by atoms with Crippen LogP contribution in [0, 0.1) is 0 Å². The van der Waals surface area contributed by atoms with Crippen molar-refractivity contribution in [2.45, 2.75) is 26.4 Å². The third-order valence-corrected chi connectivity index (χ3v) is 2.63. The van der Waals surface area contributed by atoms with Crippen molar-refractivity contribution >= 4 is 28.9 Å². The number of aliphatic imine (C=N–C) groups is 1. The molecule has 7 heteroatoms. The molecule has 1 heterocycles. The Balaban J connectivity index is 2.30. The number of benzene rings is 1. The summed E-state index contributed by atoms with van der Waals surface area (Å²) in [5.74, 6) is -1.35. The summed E-state index contributed by atoms with van der Waals surface area (Å²) in [7, 11) is 0. The number of aromatic carboxylic acids is 1. The summed E-state index contributed by atoms with van der Waals surface area (Å²) in [4.78, 5) is 26.1. The third-order valence-electron chi connectivity index (χ3n) is 2.63. The van der Waals surface area contributed by atoms with E-state index >= 15 is 0 Å². The van der Waals surface area contributed by atoms with Crippen LogP contribution in [0.5, 0.6) is 0 Å². The molecular formula is C15H16N2O5. The van der Waals surface area contributed by atoms with Gasteiger partial charge in [-0.25, -0.2) is 9.59 Å². The topological polar surface area (TPSA) is 115 Å². The van der Waals surface area contributed by atoms with Crippen LogP contribution in [0.2, 0.25) is 0 Å². The zero-order valence-corrected chi connectivity index (χ0v) is 12.4. The van der Waals surface area contributed by atoms with Gasteiger partial charge in [0.2, 0.25) is 5.76 Å². The number of carboxylic acids is 1. The van der Waals surface area contributed by atoms with Crippen molar-refractivity contribution in [3.05, 3.63) is 35.6 Å². The molecule has 0 aliphatic rings. The maximum atomic E-state index is 11.6. The van der Waals surface area contributed by atoms with Crippen molar-refractivity contribution in [1.82, 2.24) is 0 Å². The zero-order valence-electron chi connectivity index (χ0n) is 12.4. The number of rotatable bonds is 2. The standard InChI is InChI=1S/C15H16N2O5/c1-15(2,3)22-14(20)17-12(16)8-4-5-10-9(6-8)7-11(21-10)13(18)19/h4-7H,1-3H3,(H,18,19)(H2,16,17,20). The molecule has 3 N–H and O–H groups in total. The highest BCUT2D eigenvalue weighted by atomic mass is 16.6. The van der Waals surface area contributed by atoms with Crippen molar-refractivity contribution < 1.29 is 23.8 Å². The maximum Gasteiger partial charge on any atom is 0.436 e. The van der Waals surface area contributed by atoms with Crippen LogP contribution in [-0.4, -0.2) is 28.6 Å². The molecule has 0 bridgehead atoms. The van der Waals surface area contributed by atoms with Gasteiger partial charge in [-0.15, -0.1) is 0 Å². The Labute approximate surface area is 126 Å². The minimum Gasteiger partial charge on any atom is -0.475 e. The van der Waals surface area contributed by atoms with Crippen LogP contribution in [0.3, 0.4) is 0 Å². The fourth-order valence-corrected chi connectivity index (χ4v) is 1.76. The van der Waals surface area contributed by atoms with Gasteiger partial charge in [-0.2, -0.15) is 4.99 Å². The number of nitrogens with two attached hydrogens (primary N) is 1. The zero-order chi connectivity index (χ0) is 16.5. The van der Waals surface area contributed by atoms with E-state index < -0.39 is 17.7 Å². The molecular weight excluding hydrogens is 288 g/mol. The van der Waals surface area contributed by atoms with Gasteiger partial charge in [0, 0.05) is 10.9 Å². The van der Waals surface area contributed by atoms with Crippen molar-refractivity contribution in [2.75, 3.05) is 0 Å². The first kappa shape index (κ1) is 15.6. The average Bonchev–Trinajstić information content (AvgIpc) is 2.78. The number of amidine groups is 1.